The smallest absolute Gasteiger partial charge is 0.311 e. The Bertz CT molecular complexity index is 810. The van der Waals surface area contributed by atoms with Crippen molar-refractivity contribution in [1.29, 1.82) is 0 Å². The molecule has 0 aromatic carbocycles. The third-order valence-electron chi connectivity index (χ3n) is 7.98. The number of allylic oxidation sites excluding steroid dienone is 2. The molecule has 0 aromatic rings. The highest BCUT2D eigenvalue weighted by Crippen LogP contribution is 2.35. The van der Waals surface area contributed by atoms with Crippen molar-refractivity contribution in [3.8, 4) is 0 Å². The number of rotatable bonds is 22. The Balaban J connectivity index is 2.19. The maximum absolute atomic E-state index is 12.9. The SMILES string of the molecule is CCCCCCCCC=CCCCCCCCC(=O)NCCC(C)(CNC(=O)C1OC(C)(C)OCC1(C)C)C(=O)O. The average Bonchev–Trinajstić information content (AvgIpc) is 2.91. The van der Waals surface area contributed by atoms with Crippen molar-refractivity contribution in [3.63, 3.8) is 0 Å². The maximum Gasteiger partial charge on any atom is 0.311 e. The largest absolute Gasteiger partial charge is 0.481 e. The third kappa shape index (κ3) is 15.8. The predicted octanol–water partition coefficient (Wildman–Crippen LogP) is 6.92. The zero-order chi connectivity index (χ0) is 30.8. The van der Waals surface area contributed by atoms with E-state index in [-0.39, 0.29) is 31.3 Å². The van der Waals surface area contributed by atoms with E-state index in [1.54, 1.807) is 20.8 Å². The fraction of sp³-hybridized carbons (Fsp3) is 0.848. The van der Waals surface area contributed by atoms with E-state index < -0.39 is 28.7 Å². The van der Waals surface area contributed by atoms with Crippen LogP contribution in [0.2, 0.25) is 0 Å². The van der Waals surface area contributed by atoms with Crippen molar-refractivity contribution < 1.29 is 29.0 Å². The number of carboxylic acid groups (broad SMARTS) is 1. The summed E-state index contributed by atoms with van der Waals surface area (Å²) in [6.07, 6.45) is 20.3. The van der Waals surface area contributed by atoms with Gasteiger partial charge in [0.05, 0.1) is 12.0 Å². The molecule has 1 rings (SSSR count). The lowest BCUT2D eigenvalue weighted by atomic mass is 9.84. The van der Waals surface area contributed by atoms with Gasteiger partial charge >= 0.3 is 5.97 Å². The lowest BCUT2D eigenvalue weighted by Crippen LogP contribution is -2.57. The van der Waals surface area contributed by atoms with Crippen LogP contribution in [0.15, 0.2) is 12.2 Å². The molecule has 1 saturated heterocycles. The van der Waals surface area contributed by atoms with Crippen LogP contribution in [0.25, 0.3) is 0 Å². The number of carbonyl (C=O) groups is 3. The number of aliphatic carboxylic acids is 1. The zero-order valence-electron chi connectivity index (χ0n) is 26.9. The second-order valence-corrected chi connectivity index (χ2v) is 13.2. The van der Waals surface area contributed by atoms with E-state index in [0.717, 1.165) is 25.7 Å². The Kier molecular flexibility index (Phi) is 17.5. The molecule has 0 aliphatic carbocycles. The zero-order valence-corrected chi connectivity index (χ0v) is 26.9. The van der Waals surface area contributed by atoms with Crippen molar-refractivity contribution in [2.24, 2.45) is 10.8 Å². The van der Waals surface area contributed by atoms with Crippen LogP contribution in [-0.2, 0) is 23.9 Å². The van der Waals surface area contributed by atoms with Crippen LogP contribution in [0.1, 0.15) is 138 Å². The highest BCUT2D eigenvalue weighted by atomic mass is 16.7. The summed E-state index contributed by atoms with van der Waals surface area (Å²) >= 11 is 0. The van der Waals surface area contributed by atoms with Crippen LogP contribution >= 0.6 is 0 Å². The molecule has 0 aromatic heterocycles. The average molecular weight is 581 g/mol. The number of carboxylic acids is 1. The third-order valence-corrected chi connectivity index (χ3v) is 7.98. The molecular weight excluding hydrogens is 520 g/mol. The predicted molar refractivity (Wildman–Crippen MR) is 165 cm³/mol. The molecule has 1 heterocycles. The van der Waals surface area contributed by atoms with Gasteiger partial charge in [-0.25, -0.2) is 0 Å². The van der Waals surface area contributed by atoms with Crippen LogP contribution < -0.4 is 10.6 Å². The van der Waals surface area contributed by atoms with Crippen molar-refractivity contribution in [3.05, 3.63) is 12.2 Å². The summed E-state index contributed by atoms with van der Waals surface area (Å²) in [5.41, 5.74) is -1.76. The van der Waals surface area contributed by atoms with Crippen molar-refractivity contribution in [2.45, 2.75) is 150 Å². The fourth-order valence-corrected chi connectivity index (χ4v) is 4.89. The topological polar surface area (TPSA) is 114 Å². The van der Waals surface area contributed by atoms with E-state index in [9.17, 15) is 19.5 Å². The molecule has 1 aliphatic rings. The number of hydrogen-bond acceptors (Lipinski definition) is 5. The van der Waals surface area contributed by atoms with Gasteiger partial charge < -0.3 is 25.2 Å². The lowest BCUT2D eigenvalue weighted by Gasteiger charge is -2.45. The summed E-state index contributed by atoms with van der Waals surface area (Å²) in [6, 6.07) is 0. The number of unbranched alkanes of at least 4 members (excludes halogenated alkanes) is 11. The first kappa shape index (κ1) is 37.1. The molecule has 0 spiro atoms. The second-order valence-electron chi connectivity index (χ2n) is 13.2. The van der Waals surface area contributed by atoms with E-state index in [4.69, 9.17) is 9.47 Å². The van der Waals surface area contributed by atoms with Gasteiger partial charge in [-0.3, -0.25) is 14.4 Å². The molecule has 0 bridgehead atoms. The van der Waals surface area contributed by atoms with E-state index in [1.165, 1.54) is 57.8 Å². The molecule has 0 radical (unpaired) electrons. The first-order valence-corrected chi connectivity index (χ1v) is 16.1. The Morgan fingerprint density at radius 3 is 2.02 bits per heavy atom. The molecule has 1 fully saturated rings. The summed E-state index contributed by atoms with van der Waals surface area (Å²) in [7, 11) is 0. The molecular formula is C33H60N2O6. The van der Waals surface area contributed by atoms with Gasteiger partial charge in [0.1, 0.15) is 6.10 Å². The summed E-state index contributed by atoms with van der Waals surface area (Å²) in [5, 5.41) is 15.5. The number of amides is 2. The van der Waals surface area contributed by atoms with Crippen molar-refractivity contribution >= 4 is 17.8 Å². The molecule has 1 aliphatic heterocycles. The summed E-state index contributed by atoms with van der Waals surface area (Å²) < 4.78 is 11.5. The van der Waals surface area contributed by atoms with Gasteiger partial charge in [0.2, 0.25) is 11.8 Å². The first-order chi connectivity index (χ1) is 19.3. The molecule has 0 saturated carbocycles. The van der Waals surface area contributed by atoms with Crippen LogP contribution in [0, 0.1) is 10.8 Å². The lowest BCUT2D eigenvalue weighted by molar-refractivity contribution is -0.304. The minimum Gasteiger partial charge on any atom is -0.481 e. The normalized spacial score (nSPS) is 19.5. The van der Waals surface area contributed by atoms with Gasteiger partial charge in [-0.15, -0.1) is 0 Å². The van der Waals surface area contributed by atoms with E-state index in [0.29, 0.717) is 13.0 Å². The minimum atomic E-state index is -1.21. The van der Waals surface area contributed by atoms with Crippen LogP contribution in [-0.4, -0.2) is 54.5 Å². The molecule has 2 amide bonds. The molecule has 2 unspecified atom stereocenters. The minimum absolute atomic E-state index is 0.0531. The summed E-state index contributed by atoms with van der Waals surface area (Å²) in [5.74, 6) is -2.31. The number of nitrogens with one attached hydrogen (secondary N) is 2. The summed E-state index contributed by atoms with van der Waals surface area (Å²) in [6.45, 7) is 11.7. The number of ether oxygens (including phenoxy) is 2. The second kappa shape index (κ2) is 19.3. The van der Waals surface area contributed by atoms with Crippen molar-refractivity contribution in [2.75, 3.05) is 19.7 Å². The molecule has 3 N–H and O–H groups in total. The van der Waals surface area contributed by atoms with E-state index >= 15 is 0 Å². The van der Waals surface area contributed by atoms with Gasteiger partial charge in [-0.1, -0.05) is 84.3 Å². The molecule has 8 heteroatoms. The Morgan fingerprint density at radius 2 is 1.44 bits per heavy atom. The van der Waals surface area contributed by atoms with Crippen molar-refractivity contribution in [1.82, 2.24) is 10.6 Å². The highest BCUT2D eigenvalue weighted by molar-refractivity contribution is 5.83. The van der Waals surface area contributed by atoms with Crippen LogP contribution in [0.3, 0.4) is 0 Å². The van der Waals surface area contributed by atoms with Gasteiger partial charge in [0.25, 0.3) is 0 Å². The van der Waals surface area contributed by atoms with Gasteiger partial charge in [0, 0.05) is 24.9 Å². The molecule has 2 atom stereocenters. The monoisotopic (exact) mass is 580 g/mol. The Morgan fingerprint density at radius 1 is 0.878 bits per heavy atom. The van der Waals surface area contributed by atoms with Gasteiger partial charge in [-0.2, -0.15) is 0 Å². The Labute approximate surface area is 249 Å². The molecule has 238 valence electrons. The maximum atomic E-state index is 12.9. The standard InChI is InChI=1S/C33H60N2O6/c1-7-8-9-10-11-12-13-14-15-16-17-18-19-20-21-22-27(36)34-24-23-33(6,30(38)39)25-35-29(37)28-31(2,3)26-40-32(4,5)41-28/h14-15,28H,7-13,16-26H2,1-6H3,(H,34,36)(H,35,37)(H,38,39). The van der Waals surface area contributed by atoms with Crippen LogP contribution in [0.5, 0.6) is 0 Å². The van der Waals surface area contributed by atoms with Gasteiger partial charge in [-0.05, 0) is 59.3 Å². The van der Waals surface area contributed by atoms with E-state index in [2.05, 4.69) is 29.7 Å². The first-order valence-electron chi connectivity index (χ1n) is 16.1. The molecule has 41 heavy (non-hydrogen) atoms. The summed E-state index contributed by atoms with van der Waals surface area (Å²) in [4.78, 5) is 37.2. The highest BCUT2D eigenvalue weighted by Gasteiger charge is 2.46. The fourth-order valence-electron chi connectivity index (χ4n) is 4.89. The quantitative estimate of drug-likeness (QED) is 0.0947. The molecule has 8 nitrogen and oxygen atoms in total. The number of hydrogen-bond donors (Lipinski definition) is 3. The number of carbonyl (C=O) groups excluding carboxylic acids is 2. The van der Waals surface area contributed by atoms with Crippen LogP contribution in [0.4, 0.5) is 0 Å². The van der Waals surface area contributed by atoms with Gasteiger partial charge in [0.15, 0.2) is 5.79 Å². The van der Waals surface area contributed by atoms with E-state index in [1.807, 2.05) is 13.8 Å². The Hall–Kier alpha value is -1.93.